The highest BCUT2D eigenvalue weighted by Gasteiger charge is 2.39. The Morgan fingerprint density at radius 2 is 1.72 bits per heavy atom. The quantitative estimate of drug-likeness (QED) is 0.595. The fraction of sp³-hybridized carbons (Fsp3) is 0.261. The number of para-hydroxylation sites is 1. The van der Waals surface area contributed by atoms with E-state index in [1.807, 2.05) is 37.3 Å². The second kappa shape index (κ2) is 7.54. The molecule has 148 valence electrons. The van der Waals surface area contributed by atoms with Crippen LogP contribution < -0.4 is 9.47 Å². The SMILES string of the molecule is CCCc1nc2ccccc2c2c1C(=O)N(Cc1ccc(OC)cc1OC)C2=O. The molecule has 0 bridgehead atoms. The topological polar surface area (TPSA) is 68.7 Å². The first-order chi connectivity index (χ1) is 14.1. The molecule has 0 radical (unpaired) electrons. The summed E-state index contributed by atoms with van der Waals surface area (Å²) in [5.41, 5.74) is 3.04. The first-order valence-corrected chi connectivity index (χ1v) is 9.57. The predicted octanol–water partition coefficient (Wildman–Crippen LogP) is 4.00. The molecule has 2 amide bonds. The van der Waals surface area contributed by atoms with Gasteiger partial charge in [0.15, 0.2) is 0 Å². The van der Waals surface area contributed by atoms with Gasteiger partial charge in [-0.3, -0.25) is 19.5 Å². The second-order valence-corrected chi connectivity index (χ2v) is 6.95. The van der Waals surface area contributed by atoms with Crippen LogP contribution in [0.2, 0.25) is 0 Å². The number of pyridine rings is 1. The molecule has 0 unspecified atom stereocenters. The zero-order chi connectivity index (χ0) is 20.5. The summed E-state index contributed by atoms with van der Waals surface area (Å²) in [6.07, 6.45) is 1.48. The first-order valence-electron chi connectivity index (χ1n) is 9.57. The summed E-state index contributed by atoms with van der Waals surface area (Å²) < 4.78 is 10.7. The average Bonchev–Trinajstić information content (AvgIpc) is 3.00. The zero-order valence-corrected chi connectivity index (χ0v) is 16.7. The van der Waals surface area contributed by atoms with E-state index in [2.05, 4.69) is 4.98 Å². The van der Waals surface area contributed by atoms with Gasteiger partial charge in [-0.05, 0) is 24.6 Å². The molecule has 0 atom stereocenters. The van der Waals surface area contributed by atoms with Crippen LogP contribution in [0.25, 0.3) is 10.9 Å². The van der Waals surface area contributed by atoms with E-state index in [1.54, 1.807) is 26.4 Å². The Labute approximate surface area is 169 Å². The number of rotatable bonds is 6. The monoisotopic (exact) mass is 390 g/mol. The van der Waals surface area contributed by atoms with Crippen LogP contribution in [0.15, 0.2) is 42.5 Å². The number of fused-ring (bicyclic) bond motifs is 3. The number of amides is 2. The lowest BCUT2D eigenvalue weighted by atomic mass is 10.0. The molecule has 4 rings (SSSR count). The number of carbonyl (C=O) groups is 2. The van der Waals surface area contributed by atoms with Gasteiger partial charge in [0.1, 0.15) is 11.5 Å². The number of methoxy groups -OCH3 is 2. The summed E-state index contributed by atoms with van der Waals surface area (Å²) >= 11 is 0. The number of ether oxygens (including phenoxy) is 2. The van der Waals surface area contributed by atoms with E-state index in [-0.39, 0.29) is 18.4 Å². The molecular weight excluding hydrogens is 368 g/mol. The number of nitrogens with zero attached hydrogens (tertiary/aromatic N) is 2. The minimum Gasteiger partial charge on any atom is -0.497 e. The lowest BCUT2D eigenvalue weighted by molar-refractivity contribution is 0.0641. The van der Waals surface area contributed by atoms with E-state index in [1.165, 1.54) is 4.90 Å². The molecule has 29 heavy (non-hydrogen) atoms. The number of hydrogen-bond acceptors (Lipinski definition) is 5. The van der Waals surface area contributed by atoms with Crippen molar-refractivity contribution in [3.63, 3.8) is 0 Å². The number of carbonyl (C=O) groups excluding carboxylic acids is 2. The fourth-order valence-corrected chi connectivity index (χ4v) is 3.79. The summed E-state index contributed by atoms with van der Waals surface area (Å²) in [4.78, 5) is 32.5. The lowest BCUT2D eigenvalue weighted by Crippen LogP contribution is -2.29. The summed E-state index contributed by atoms with van der Waals surface area (Å²) in [5, 5.41) is 0.713. The van der Waals surface area contributed by atoms with Crippen LogP contribution in [-0.4, -0.2) is 35.9 Å². The van der Waals surface area contributed by atoms with Crippen LogP contribution in [0.3, 0.4) is 0 Å². The lowest BCUT2D eigenvalue weighted by Gasteiger charge is -2.17. The highest BCUT2D eigenvalue weighted by Crippen LogP contribution is 2.34. The molecular formula is C23H22N2O4. The number of aryl methyl sites for hydroxylation is 1. The van der Waals surface area contributed by atoms with E-state index in [4.69, 9.17) is 9.47 Å². The van der Waals surface area contributed by atoms with Crippen LogP contribution in [0.4, 0.5) is 0 Å². The molecule has 0 spiro atoms. The van der Waals surface area contributed by atoms with E-state index in [0.717, 1.165) is 17.5 Å². The summed E-state index contributed by atoms with van der Waals surface area (Å²) in [7, 11) is 3.13. The van der Waals surface area contributed by atoms with E-state index in [0.29, 0.717) is 40.1 Å². The zero-order valence-electron chi connectivity index (χ0n) is 16.7. The minimum absolute atomic E-state index is 0.124. The Balaban J connectivity index is 1.80. The molecule has 0 N–H and O–H groups in total. The highest BCUT2D eigenvalue weighted by molar-refractivity contribution is 6.26. The third-order valence-corrected chi connectivity index (χ3v) is 5.19. The van der Waals surface area contributed by atoms with Crippen molar-refractivity contribution in [1.82, 2.24) is 9.88 Å². The molecule has 2 aromatic carbocycles. The number of aromatic nitrogens is 1. The smallest absolute Gasteiger partial charge is 0.263 e. The summed E-state index contributed by atoms with van der Waals surface area (Å²) in [6, 6.07) is 12.8. The van der Waals surface area contributed by atoms with E-state index >= 15 is 0 Å². The van der Waals surface area contributed by atoms with Gasteiger partial charge >= 0.3 is 0 Å². The van der Waals surface area contributed by atoms with Gasteiger partial charge in [0.25, 0.3) is 11.8 Å². The van der Waals surface area contributed by atoms with Gasteiger partial charge < -0.3 is 9.47 Å². The predicted molar refractivity (Wildman–Crippen MR) is 109 cm³/mol. The molecule has 6 heteroatoms. The Bertz CT molecular complexity index is 1120. The maximum absolute atomic E-state index is 13.3. The first kappa shape index (κ1) is 18.9. The van der Waals surface area contributed by atoms with Crippen molar-refractivity contribution in [3.8, 4) is 11.5 Å². The molecule has 1 aromatic heterocycles. The van der Waals surface area contributed by atoms with E-state index < -0.39 is 0 Å². The third kappa shape index (κ3) is 3.10. The van der Waals surface area contributed by atoms with Gasteiger partial charge in [0, 0.05) is 17.0 Å². The van der Waals surface area contributed by atoms with Crippen molar-refractivity contribution < 1.29 is 19.1 Å². The standard InChI is InChI=1S/C23H22N2O4/c1-4-7-18-21-20(16-8-5-6-9-17(16)24-18)22(26)25(23(21)27)13-14-10-11-15(28-2)12-19(14)29-3/h5-6,8-12H,4,7,13H2,1-3H3. The van der Waals surface area contributed by atoms with Crippen molar-refractivity contribution >= 4 is 22.7 Å². The van der Waals surface area contributed by atoms with Crippen LogP contribution in [0.5, 0.6) is 11.5 Å². The van der Waals surface area contributed by atoms with Crippen LogP contribution >= 0.6 is 0 Å². The fourth-order valence-electron chi connectivity index (χ4n) is 3.79. The minimum atomic E-state index is -0.301. The molecule has 0 fully saturated rings. The van der Waals surface area contributed by atoms with Gasteiger partial charge in [-0.1, -0.05) is 31.5 Å². The van der Waals surface area contributed by atoms with Gasteiger partial charge in [-0.2, -0.15) is 0 Å². The summed E-state index contributed by atoms with van der Waals surface area (Å²) in [6.45, 7) is 2.16. The molecule has 3 aromatic rings. The summed E-state index contributed by atoms with van der Waals surface area (Å²) in [5.74, 6) is 0.620. The molecule has 0 saturated heterocycles. The maximum atomic E-state index is 13.3. The number of imide groups is 1. The third-order valence-electron chi connectivity index (χ3n) is 5.19. The highest BCUT2D eigenvalue weighted by atomic mass is 16.5. The van der Waals surface area contributed by atoms with Gasteiger partial charge in [-0.25, -0.2) is 0 Å². The molecule has 1 aliphatic heterocycles. The second-order valence-electron chi connectivity index (χ2n) is 6.95. The average molecular weight is 390 g/mol. The largest absolute Gasteiger partial charge is 0.497 e. The van der Waals surface area contributed by atoms with Gasteiger partial charge in [0.2, 0.25) is 0 Å². The van der Waals surface area contributed by atoms with Gasteiger partial charge in [0.05, 0.1) is 43.1 Å². The Morgan fingerprint density at radius 1 is 0.966 bits per heavy atom. The van der Waals surface area contributed by atoms with Crippen molar-refractivity contribution in [1.29, 1.82) is 0 Å². The Hall–Kier alpha value is -3.41. The molecule has 0 saturated carbocycles. The van der Waals surface area contributed by atoms with Crippen LogP contribution in [-0.2, 0) is 13.0 Å². The molecule has 1 aliphatic rings. The van der Waals surface area contributed by atoms with Crippen molar-refractivity contribution in [2.45, 2.75) is 26.3 Å². The van der Waals surface area contributed by atoms with Crippen molar-refractivity contribution in [3.05, 3.63) is 64.8 Å². The Kier molecular flexibility index (Phi) is 4.92. The molecule has 2 heterocycles. The van der Waals surface area contributed by atoms with Crippen LogP contribution in [0, 0.1) is 0 Å². The number of hydrogen-bond donors (Lipinski definition) is 0. The van der Waals surface area contributed by atoms with Crippen molar-refractivity contribution in [2.75, 3.05) is 14.2 Å². The normalized spacial score (nSPS) is 13.1. The maximum Gasteiger partial charge on any atom is 0.263 e. The molecule has 6 nitrogen and oxygen atoms in total. The Morgan fingerprint density at radius 3 is 2.45 bits per heavy atom. The van der Waals surface area contributed by atoms with Crippen LogP contribution in [0.1, 0.15) is 45.3 Å². The molecule has 0 aliphatic carbocycles. The van der Waals surface area contributed by atoms with E-state index in [9.17, 15) is 9.59 Å². The van der Waals surface area contributed by atoms with Crippen molar-refractivity contribution in [2.24, 2.45) is 0 Å². The van der Waals surface area contributed by atoms with Gasteiger partial charge in [-0.15, -0.1) is 0 Å². The number of benzene rings is 2.